The van der Waals surface area contributed by atoms with Crippen molar-refractivity contribution in [3.63, 3.8) is 0 Å². The zero-order valence-corrected chi connectivity index (χ0v) is 44.7. The predicted octanol–water partition coefficient (Wildman–Crippen LogP) is 9.50. The Bertz CT molecular complexity index is 1240. The van der Waals surface area contributed by atoms with E-state index in [4.69, 9.17) is 19.4 Å². The van der Waals surface area contributed by atoms with Crippen LogP contribution in [-0.4, -0.2) is 135 Å². The number of amides is 4. The third kappa shape index (κ3) is 32.2. The number of carbonyl (C=O) groups is 5. The van der Waals surface area contributed by atoms with E-state index in [0.717, 1.165) is 19.3 Å². The number of ether oxygens (including phenoxy) is 2. The van der Waals surface area contributed by atoms with Crippen LogP contribution in [0.3, 0.4) is 0 Å². The Hall–Kier alpha value is -3.55. The van der Waals surface area contributed by atoms with E-state index in [0.29, 0.717) is 13.1 Å². The summed E-state index contributed by atoms with van der Waals surface area (Å²) in [4.78, 5) is 66.0. The first-order chi connectivity index (χ1) is 30.2. The molecular formula is C51H101N5O8. The van der Waals surface area contributed by atoms with Crippen molar-refractivity contribution in [2.75, 3.05) is 55.0 Å². The van der Waals surface area contributed by atoms with Crippen LogP contribution in [0.15, 0.2) is 30.3 Å². The summed E-state index contributed by atoms with van der Waals surface area (Å²) >= 11 is 0. The van der Waals surface area contributed by atoms with Crippen LogP contribution in [0.1, 0.15) is 160 Å². The van der Waals surface area contributed by atoms with Gasteiger partial charge in [-0.15, -0.1) is 0 Å². The van der Waals surface area contributed by atoms with Crippen molar-refractivity contribution >= 4 is 30.1 Å². The molecule has 1 fully saturated rings. The third-order valence-corrected chi connectivity index (χ3v) is 9.97. The zero-order valence-electron chi connectivity index (χ0n) is 44.7. The highest BCUT2D eigenvalue weighted by molar-refractivity contribution is 5.87. The maximum Gasteiger partial charge on any atom is 0.290 e. The van der Waals surface area contributed by atoms with Crippen molar-refractivity contribution in [2.45, 2.75) is 192 Å². The number of hydrogen-bond donors (Lipinski definition) is 3. The molecule has 1 saturated heterocycles. The molecule has 0 aromatic heterocycles. The molecule has 2 rings (SSSR count). The number of benzene rings is 1. The Balaban J connectivity index is -0.000000410. The molecule has 1 aliphatic rings. The average molecular weight is 912 g/mol. The highest BCUT2D eigenvalue weighted by Crippen LogP contribution is 2.29. The van der Waals surface area contributed by atoms with E-state index >= 15 is 0 Å². The molecule has 1 aromatic rings. The Labute approximate surface area is 393 Å². The minimum atomic E-state index is -0.546. The van der Waals surface area contributed by atoms with Crippen molar-refractivity contribution < 1.29 is 38.6 Å². The number of carboxylic acid groups (broad SMARTS) is 1. The first-order valence-electron chi connectivity index (χ1n) is 24.2. The van der Waals surface area contributed by atoms with E-state index in [1.165, 1.54) is 37.7 Å². The van der Waals surface area contributed by atoms with E-state index < -0.39 is 18.1 Å². The zero-order chi connectivity index (χ0) is 50.8. The van der Waals surface area contributed by atoms with Gasteiger partial charge in [0.15, 0.2) is 0 Å². The number of nitrogens with one attached hydrogen (secondary N) is 2. The summed E-state index contributed by atoms with van der Waals surface area (Å²) in [5, 5.41) is 12.5. The molecule has 1 aromatic carbocycles. The van der Waals surface area contributed by atoms with Gasteiger partial charge in [-0.3, -0.25) is 28.9 Å². The van der Waals surface area contributed by atoms with Gasteiger partial charge in [-0.05, 0) is 52.6 Å². The predicted molar refractivity (Wildman–Crippen MR) is 268 cm³/mol. The summed E-state index contributed by atoms with van der Waals surface area (Å²) < 4.78 is 11.6. The van der Waals surface area contributed by atoms with Gasteiger partial charge >= 0.3 is 0 Å². The van der Waals surface area contributed by atoms with Crippen molar-refractivity contribution in [1.29, 1.82) is 0 Å². The summed E-state index contributed by atoms with van der Waals surface area (Å²) in [7, 11) is 8.55. The summed E-state index contributed by atoms with van der Waals surface area (Å²) in [5.41, 5.74) is 1.32. The molecular weight excluding hydrogens is 811 g/mol. The SMILES string of the molecule is CCC.CCC.CCC.CCCC.CCNC(=O)C(C)C(OC)C1CCCN1C(=O)CC(OC)C(C(C)CC)N(C)C(=O)CNC(=O)C(C(C)C)N(C)C.Cc1ccccc1.O=CO. The van der Waals surface area contributed by atoms with Gasteiger partial charge in [-0.25, -0.2) is 0 Å². The van der Waals surface area contributed by atoms with Gasteiger partial charge in [0.2, 0.25) is 23.6 Å². The molecule has 1 aliphatic heterocycles. The number of likely N-dealkylation sites (tertiary alicyclic amines) is 1. The molecule has 7 atom stereocenters. The Morgan fingerprint density at radius 3 is 1.64 bits per heavy atom. The van der Waals surface area contributed by atoms with Gasteiger partial charge < -0.3 is 35.0 Å². The first kappa shape index (κ1) is 69.5. The van der Waals surface area contributed by atoms with Crippen molar-refractivity contribution in [3.8, 4) is 0 Å². The van der Waals surface area contributed by atoms with Crippen molar-refractivity contribution in [2.24, 2.45) is 17.8 Å². The number of unbranched alkanes of at least 4 members (excludes halogenated alkanes) is 1. The normalized spacial score (nSPS) is 15.2. The van der Waals surface area contributed by atoms with Crippen LogP contribution < -0.4 is 10.6 Å². The number of nitrogens with zero attached hydrogens (tertiary/aromatic N) is 3. The second-order valence-electron chi connectivity index (χ2n) is 16.8. The first-order valence-corrected chi connectivity index (χ1v) is 24.2. The number of aryl methyl sites for hydroxylation is 1. The molecule has 13 heteroatoms. The highest BCUT2D eigenvalue weighted by atomic mass is 16.5. The maximum absolute atomic E-state index is 13.7. The molecule has 1 heterocycles. The van der Waals surface area contributed by atoms with E-state index in [9.17, 15) is 19.2 Å². The molecule has 378 valence electrons. The van der Waals surface area contributed by atoms with Crippen LogP contribution in [0, 0.1) is 24.7 Å². The standard InChI is InChI=1S/C30H57N5O6.C7H8.C4H10.3C3H8.CH2O2/c1-12-20(5)27(34(9)25(37)18-32-30(39)26(19(3)4)33(7)8)23(40-10)17-24(36)35-16-14-15-22(35)28(41-11)21(6)29(38)31-13-2;1-7-5-3-2-4-6-7;1-3-4-2;3*1-3-2;2-1-3/h19-23,26-28H,12-18H2,1-11H3,(H,31,38)(H,32,39);2-6H,1H3;3-4H2,1-2H3;3*3H2,1-2H3;1H,(H,2,3). The van der Waals surface area contributed by atoms with Gasteiger partial charge in [-0.1, -0.05) is 164 Å². The smallest absolute Gasteiger partial charge is 0.290 e. The molecule has 64 heavy (non-hydrogen) atoms. The lowest BCUT2D eigenvalue weighted by molar-refractivity contribution is -0.145. The lowest BCUT2D eigenvalue weighted by Gasteiger charge is -2.39. The van der Waals surface area contributed by atoms with Gasteiger partial charge in [0, 0.05) is 34.4 Å². The summed E-state index contributed by atoms with van der Waals surface area (Å²) in [6, 6.07) is 9.33. The monoisotopic (exact) mass is 912 g/mol. The quantitative estimate of drug-likeness (QED) is 0.122. The lowest BCUT2D eigenvalue weighted by Crippen LogP contribution is -2.55. The Kier molecular flexibility index (Phi) is 49.9. The van der Waals surface area contributed by atoms with E-state index in [-0.39, 0.29) is 73.0 Å². The fourth-order valence-corrected chi connectivity index (χ4v) is 6.72. The average Bonchev–Trinajstić information content (AvgIpc) is 3.74. The molecule has 4 amide bonds. The van der Waals surface area contributed by atoms with E-state index in [2.05, 4.69) is 85.1 Å². The minimum absolute atomic E-state index is 0.0430. The van der Waals surface area contributed by atoms with Crippen LogP contribution in [0.25, 0.3) is 0 Å². The highest BCUT2D eigenvalue weighted by Gasteiger charge is 2.42. The molecule has 7 unspecified atom stereocenters. The molecule has 0 saturated carbocycles. The summed E-state index contributed by atoms with van der Waals surface area (Å²) in [5.74, 6) is -0.896. The molecule has 3 N–H and O–H groups in total. The van der Waals surface area contributed by atoms with Gasteiger partial charge in [0.25, 0.3) is 6.47 Å². The van der Waals surface area contributed by atoms with Crippen molar-refractivity contribution in [1.82, 2.24) is 25.3 Å². The fourth-order valence-electron chi connectivity index (χ4n) is 6.72. The van der Waals surface area contributed by atoms with E-state index in [1.807, 2.05) is 83.6 Å². The Morgan fingerprint density at radius 2 is 1.30 bits per heavy atom. The van der Waals surface area contributed by atoms with Crippen LogP contribution in [0.5, 0.6) is 0 Å². The number of methoxy groups -OCH3 is 2. The van der Waals surface area contributed by atoms with Crippen LogP contribution >= 0.6 is 0 Å². The van der Waals surface area contributed by atoms with Crippen LogP contribution in [-0.2, 0) is 33.4 Å². The molecule has 0 radical (unpaired) electrons. The number of rotatable bonds is 18. The fraction of sp³-hybridized carbons (Fsp3) is 0.784. The minimum Gasteiger partial charge on any atom is -0.483 e. The number of hydrogen-bond acceptors (Lipinski definition) is 8. The van der Waals surface area contributed by atoms with Gasteiger partial charge in [0.05, 0.1) is 49.2 Å². The number of carbonyl (C=O) groups excluding carboxylic acids is 4. The lowest BCUT2D eigenvalue weighted by atomic mass is 9.90. The van der Waals surface area contributed by atoms with Crippen molar-refractivity contribution in [3.05, 3.63) is 35.9 Å². The topological polar surface area (TPSA) is 158 Å². The number of likely N-dealkylation sites (N-methyl/N-ethyl adjacent to an activating group) is 2. The van der Waals surface area contributed by atoms with Crippen LogP contribution in [0.2, 0.25) is 0 Å². The molecule has 0 bridgehead atoms. The molecule has 13 nitrogen and oxygen atoms in total. The second kappa shape index (κ2) is 46.0. The third-order valence-electron chi connectivity index (χ3n) is 9.97. The molecule has 0 spiro atoms. The van der Waals surface area contributed by atoms with Crippen LogP contribution in [0.4, 0.5) is 0 Å². The Morgan fingerprint density at radius 1 is 0.812 bits per heavy atom. The van der Waals surface area contributed by atoms with Gasteiger partial charge in [-0.2, -0.15) is 0 Å². The summed E-state index contributed by atoms with van der Waals surface area (Å²) in [6.45, 7) is 31.6. The van der Waals surface area contributed by atoms with E-state index in [1.54, 1.807) is 26.2 Å². The second-order valence-corrected chi connectivity index (χ2v) is 16.8. The van der Waals surface area contributed by atoms with Gasteiger partial charge in [0.1, 0.15) is 0 Å². The largest absolute Gasteiger partial charge is 0.483 e. The maximum atomic E-state index is 13.7. The molecule has 0 aliphatic carbocycles. The summed E-state index contributed by atoms with van der Waals surface area (Å²) in [6.07, 6.45) is 7.87.